The molecule has 0 amide bonds. The first-order valence-electron chi connectivity index (χ1n) is 3.90. The number of fused-ring (bicyclic) bond motifs is 1. The molecule has 0 atom stereocenters. The first-order chi connectivity index (χ1) is 6.59. The number of pyridine rings is 1. The molecule has 2 aromatic rings. The van der Waals surface area contributed by atoms with Gasteiger partial charge in [-0.1, -0.05) is 18.2 Å². The molecule has 0 spiro atoms. The summed E-state index contributed by atoms with van der Waals surface area (Å²) in [5, 5.41) is 0.683. The van der Waals surface area contributed by atoms with E-state index in [4.69, 9.17) is 4.55 Å². The maximum absolute atomic E-state index is 11.0. The smallest absolute Gasteiger partial charge is 1.00 e. The summed E-state index contributed by atoms with van der Waals surface area (Å²) in [4.78, 5) is 3.75. The topological polar surface area (TPSA) is 67.3 Å². The van der Waals surface area contributed by atoms with Crippen molar-refractivity contribution in [3.05, 3.63) is 36.5 Å². The Morgan fingerprint density at radius 1 is 1.20 bits per heavy atom. The molecule has 2 rings (SSSR count). The molecule has 0 unspecified atom stereocenters. The van der Waals surface area contributed by atoms with E-state index in [1.807, 2.05) is 0 Å². The maximum Gasteiger partial charge on any atom is 1.00 e. The van der Waals surface area contributed by atoms with E-state index in [0.29, 0.717) is 5.39 Å². The van der Waals surface area contributed by atoms with Crippen molar-refractivity contribution in [3.8, 4) is 0 Å². The van der Waals surface area contributed by atoms with Gasteiger partial charge in [0, 0.05) is 11.6 Å². The van der Waals surface area contributed by atoms with Crippen molar-refractivity contribution >= 4 is 21.0 Å². The van der Waals surface area contributed by atoms with Gasteiger partial charge in [-0.25, -0.2) is 0 Å². The molecule has 0 saturated heterocycles. The van der Waals surface area contributed by atoms with E-state index in [1.165, 1.54) is 12.3 Å². The quantitative estimate of drug-likeness (QED) is 0.486. The molecule has 1 N–H and O–H groups in total. The first kappa shape index (κ1) is 12.6. The van der Waals surface area contributed by atoms with Crippen LogP contribution in [0.25, 0.3) is 10.9 Å². The Labute approximate surface area is 111 Å². The summed E-state index contributed by atoms with van der Waals surface area (Å²) >= 11 is 0. The van der Waals surface area contributed by atoms with Crippen molar-refractivity contribution < 1.29 is 44.0 Å². The van der Waals surface area contributed by atoms with E-state index < -0.39 is 10.1 Å². The average Bonchev–Trinajstić information content (AvgIpc) is 2.15. The fourth-order valence-corrected chi connectivity index (χ4v) is 1.95. The summed E-state index contributed by atoms with van der Waals surface area (Å²) in [6.07, 6.45) is 1.48. The second-order valence-electron chi connectivity index (χ2n) is 2.81. The van der Waals surface area contributed by atoms with Crippen LogP contribution in [0, 0.1) is 0 Å². The third-order valence-corrected chi connectivity index (χ3v) is 2.76. The number of nitrogens with zero attached hydrogens (tertiary/aromatic N) is 1. The van der Waals surface area contributed by atoms with Crippen LogP contribution < -0.4 is 29.6 Å². The van der Waals surface area contributed by atoms with Gasteiger partial charge >= 0.3 is 29.6 Å². The van der Waals surface area contributed by atoms with Crippen LogP contribution in [-0.2, 0) is 10.1 Å². The molecule has 0 saturated carbocycles. The summed E-state index contributed by atoms with van der Waals surface area (Å²) in [5.74, 6) is 0. The largest absolute Gasteiger partial charge is 1.00 e. The number of hydrogen-bond donors (Lipinski definition) is 1. The first-order valence-corrected chi connectivity index (χ1v) is 5.34. The van der Waals surface area contributed by atoms with Gasteiger partial charge in [-0.2, -0.15) is 8.42 Å². The summed E-state index contributed by atoms with van der Waals surface area (Å²) in [6, 6.07) is 8.06. The van der Waals surface area contributed by atoms with E-state index >= 15 is 0 Å². The van der Waals surface area contributed by atoms with Gasteiger partial charge in [-0.15, -0.1) is 0 Å². The molecule has 1 heterocycles. The van der Waals surface area contributed by atoms with Crippen molar-refractivity contribution in [2.24, 2.45) is 0 Å². The van der Waals surface area contributed by atoms with Gasteiger partial charge < -0.3 is 1.43 Å². The SMILES string of the molecule is O=S(=O)(O)c1cccc2cccnc12.[H-].[Na+]. The molecule has 74 valence electrons. The van der Waals surface area contributed by atoms with Crippen LogP contribution in [0.5, 0.6) is 0 Å². The minimum absolute atomic E-state index is 0. The predicted molar refractivity (Wildman–Crippen MR) is 52.7 cm³/mol. The Morgan fingerprint density at radius 2 is 1.87 bits per heavy atom. The number of hydrogen-bond acceptors (Lipinski definition) is 3. The molecule has 1 aromatic carbocycles. The zero-order valence-corrected chi connectivity index (χ0v) is 10.9. The molecule has 4 nitrogen and oxygen atoms in total. The summed E-state index contributed by atoms with van der Waals surface area (Å²) < 4.78 is 30.8. The van der Waals surface area contributed by atoms with Gasteiger partial charge in [0.05, 0.1) is 5.52 Å². The Morgan fingerprint density at radius 3 is 2.53 bits per heavy atom. The minimum atomic E-state index is -4.19. The van der Waals surface area contributed by atoms with Crippen LogP contribution in [0.1, 0.15) is 1.43 Å². The van der Waals surface area contributed by atoms with Crippen LogP contribution in [0.15, 0.2) is 41.4 Å². The normalized spacial score (nSPS) is 11.0. The predicted octanol–water partition coefficient (Wildman–Crippen LogP) is -1.40. The summed E-state index contributed by atoms with van der Waals surface area (Å²) in [5.41, 5.74) is 0.289. The molecule has 0 aliphatic carbocycles. The van der Waals surface area contributed by atoms with Crippen LogP contribution in [0.3, 0.4) is 0 Å². The Balaban J connectivity index is 0.00000112. The van der Waals surface area contributed by atoms with E-state index in [2.05, 4.69) is 4.98 Å². The number of aromatic nitrogens is 1. The van der Waals surface area contributed by atoms with E-state index in [-0.39, 0.29) is 41.4 Å². The minimum Gasteiger partial charge on any atom is -1.00 e. The van der Waals surface area contributed by atoms with Crippen LogP contribution in [0.4, 0.5) is 0 Å². The zero-order chi connectivity index (χ0) is 10.2. The Hall–Kier alpha value is -0.460. The van der Waals surface area contributed by atoms with Crippen molar-refractivity contribution in [2.45, 2.75) is 4.90 Å². The second kappa shape index (κ2) is 4.59. The van der Waals surface area contributed by atoms with Gasteiger partial charge in [0.15, 0.2) is 0 Å². The molecular weight excluding hydrogens is 225 g/mol. The molecule has 0 fully saturated rings. The summed E-state index contributed by atoms with van der Waals surface area (Å²) in [6.45, 7) is 0. The fraction of sp³-hybridized carbons (Fsp3) is 0. The second-order valence-corrected chi connectivity index (χ2v) is 4.20. The summed E-state index contributed by atoms with van der Waals surface area (Å²) in [7, 11) is -4.19. The fourth-order valence-electron chi connectivity index (χ4n) is 1.28. The number of para-hydroxylation sites is 1. The molecule has 0 aliphatic rings. The number of benzene rings is 1. The van der Waals surface area contributed by atoms with Gasteiger partial charge in [0.2, 0.25) is 0 Å². The van der Waals surface area contributed by atoms with Crippen LogP contribution >= 0.6 is 0 Å². The maximum atomic E-state index is 11.0. The molecule has 0 bridgehead atoms. The Kier molecular flexibility index (Phi) is 3.86. The van der Waals surface area contributed by atoms with Crippen LogP contribution in [0.2, 0.25) is 0 Å². The molecule has 0 radical (unpaired) electrons. The Bertz CT molecular complexity index is 583. The monoisotopic (exact) mass is 233 g/mol. The zero-order valence-electron chi connectivity index (χ0n) is 9.08. The van der Waals surface area contributed by atoms with Gasteiger partial charge in [0.25, 0.3) is 10.1 Å². The number of rotatable bonds is 1. The molecule has 15 heavy (non-hydrogen) atoms. The molecular formula is C9H8NNaO3S. The molecule has 0 aliphatic heterocycles. The van der Waals surface area contributed by atoms with E-state index in [0.717, 1.165) is 0 Å². The van der Waals surface area contributed by atoms with Gasteiger partial charge in [-0.05, 0) is 12.1 Å². The van der Waals surface area contributed by atoms with Crippen molar-refractivity contribution in [1.29, 1.82) is 0 Å². The van der Waals surface area contributed by atoms with Crippen LogP contribution in [-0.4, -0.2) is 18.0 Å². The van der Waals surface area contributed by atoms with E-state index in [1.54, 1.807) is 24.3 Å². The van der Waals surface area contributed by atoms with Crippen molar-refractivity contribution in [2.75, 3.05) is 0 Å². The van der Waals surface area contributed by atoms with Gasteiger partial charge in [-0.3, -0.25) is 9.54 Å². The standard InChI is InChI=1S/C9H7NO3S.Na.H/c11-14(12,13)8-5-1-3-7-4-2-6-10-9(7)8;;/h1-6H,(H,11,12,13);;/q;+1;-1. The molecule has 6 heteroatoms. The third kappa shape index (κ3) is 2.56. The molecule has 1 aromatic heterocycles. The van der Waals surface area contributed by atoms with Crippen molar-refractivity contribution in [1.82, 2.24) is 4.98 Å². The van der Waals surface area contributed by atoms with Crippen molar-refractivity contribution in [3.63, 3.8) is 0 Å². The van der Waals surface area contributed by atoms with E-state index in [9.17, 15) is 8.42 Å². The average molecular weight is 233 g/mol. The third-order valence-electron chi connectivity index (χ3n) is 1.87. The van der Waals surface area contributed by atoms with Gasteiger partial charge in [0.1, 0.15) is 4.90 Å².